The molecular weight excluding hydrogens is 551 g/mol. The maximum atomic E-state index is 12.7. The third-order valence-corrected chi connectivity index (χ3v) is 8.75. The fourth-order valence-corrected chi connectivity index (χ4v) is 6.62. The van der Waals surface area contributed by atoms with Crippen molar-refractivity contribution in [3.63, 3.8) is 0 Å². The monoisotopic (exact) mass is 577 g/mol. The van der Waals surface area contributed by atoms with Crippen molar-refractivity contribution >= 4 is 51.2 Å². The van der Waals surface area contributed by atoms with E-state index in [-0.39, 0.29) is 17.6 Å². The first-order valence-electron chi connectivity index (χ1n) is 13.3. The average Bonchev–Trinajstić information content (AvgIpc) is 3.44. The molecule has 0 aliphatic carbocycles. The maximum Gasteiger partial charge on any atom is 0.250 e. The van der Waals surface area contributed by atoms with Crippen molar-refractivity contribution in [1.82, 2.24) is 10.4 Å². The van der Waals surface area contributed by atoms with E-state index in [4.69, 9.17) is 9.47 Å². The zero-order valence-corrected chi connectivity index (χ0v) is 24.0. The van der Waals surface area contributed by atoms with E-state index in [1.807, 2.05) is 91.9 Å². The van der Waals surface area contributed by atoms with Crippen LogP contribution in [0.4, 0.5) is 0 Å². The molecule has 6 rings (SSSR count). The molecule has 8 heteroatoms. The Hall–Kier alpha value is -4.40. The lowest BCUT2D eigenvalue weighted by Gasteiger charge is -2.30. The summed E-state index contributed by atoms with van der Waals surface area (Å²) in [5.74, 6) is 2.13. The van der Waals surface area contributed by atoms with Crippen LogP contribution in [0, 0.1) is 0 Å². The molecule has 1 atom stereocenters. The highest BCUT2D eigenvalue weighted by Crippen LogP contribution is 2.45. The van der Waals surface area contributed by atoms with Crippen molar-refractivity contribution in [3.05, 3.63) is 125 Å². The van der Waals surface area contributed by atoms with Crippen LogP contribution in [0.15, 0.2) is 118 Å². The number of rotatable bonds is 9. The van der Waals surface area contributed by atoms with E-state index in [1.165, 1.54) is 11.8 Å². The second kappa shape index (κ2) is 12.4. The minimum Gasteiger partial charge on any atom is -0.494 e. The molecule has 0 saturated heterocycles. The molecule has 1 N–H and O–H groups in total. The molecule has 6 nitrogen and oxygen atoms in total. The fraction of sp³-hybridized carbons (Fsp3) is 0.121. The number of amides is 1. The Balaban J connectivity index is 1.29. The number of carbonyl (C=O) groups excluding carboxylic acids is 1. The number of hydrogen-bond donors (Lipinski definition) is 1. The Morgan fingerprint density at radius 1 is 1.00 bits per heavy atom. The third kappa shape index (κ3) is 6.04. The van der Waals surface area contributed by atoms with Crippen LogP contribution in [0.25, 0.3) is 16.0 Å². The number of hydrogen-bond acceptors (Lipinski definition) is 7. The normalized spacial score (nSPS) is 14.6. The summed E-state index contributed by atoms with van der Waals surface area (Å²) in [5, 5.41) is 4.40. The number of nitrogens with one attached hydrogen (secondary N) is 1. The molecule has 4 aromatic carbocycles. The van der Waals surface area contributed by atoms with Crippen LogP contribution >= 0.6 is 23.1 Å². The highest BCUT2D eigenvalue weighted by atomic mass is 32.2. The van der Waals surface area contributed by atoms with Gasteiger partial charge in [-0.3, -0.25) is 4.79 Å². The predicted octanol–water partition coefficient (Wildman–Crippen LogP) is 7.52. The van der Waals surface area contributed by atoms with E-state index in [1.54, 1.807) is 17.6 Å². The van der Waals surface area contributed by atoms with Gasteiger partial charge in [-0.1, -0.05) is 72.4 Å². The number of aromatic nitrogens is 1. The topological polar surface area (TPSA) is 72.8 Å². The smallest absolute Gasteiger partial charge is 0.250 e. The number of hydrazone groups is 1. The number of ether oxygens (including phenoxy) is 2. The van der Waals surface area contributed by atoms with Crippen LogP contribution in [0.3, 0.4) is 0 Å². The van der Waals surface area contributed by atoms with Crippen LogP contribution in [0.2, 0.25) is 0 Å². The van der Waals surface area contributed by atoms with Crippen LogP contribution < -0.4 is 14.9 Å². The molecule has 0 saturated carbocycles. The van der Waals surface area contributed by atoms with Crippen molar-refractivity contribution in [2.24, 2.45) is 5.10 Å². The molecule has 1 amide bonds. The number of thiazole rings is 1. The Kier molecular flexibility index (Phi) is 8.11. The van der Waals surface area contributed by atoms with Crippen LogP contribution in [0.1, 0.15) is 29.5 Å². The SMILES string of the molecule is CCOc1ccc(C2=C(C=NNC(=O)CSc3nc4ccccc4s3)[C@H](c3ccccc3)c3ccccc3O2)cc1. The summed E-state index contributed by atoms with van der Waals surface area (Å²) in [4.78, 5) is 17.3. The van der Waals surface area contributed by atoms with E-state index in [2.05, 4.69) is 33.7 Å². The molecule has 0 fully saturated rings. The van der Waals surface area contributed by atoms with Gasteiger partial charge in [0, 0.05) is 22.6 Å². The Labute approximate surface area is 246 Å². The van der Waals surface area contributed by atoms with E-state index < -0.39 is 0 Å². The van der Waals surface area contributed by atoms with Gasteiger partial charge in [-0.05, 0) is 55.0 Å². The molecule has 0 unspecified atom stereocenters. The van der Waals surface area contributed by atoms with Gasteiger partial charge in [0.15, 0.2) is 4.34 Å². The lowest BCUT2D eigenvalue weighted by Crippen LogP contribution is -2.22. The Morgan fingerprint density at radius 2 is 1.76 bits per heavy atom. The summed E-state index contributed by atoms with van der Waals surface area (Å²) < 4.78 is 14.1. The van der Waals surface area contributed by atoms with Gasteiger partial charge in [0.2, 0.25) is 0 Å². The number of thioether (sulfide) groups is 1. The van der Waals surface area contributed by atoms with Gasteiger partial charge < -0.3 is 9.47 Å². The van der Waals surface area contributed by atoms with E-state index in [0.717, 1.165) is 48.3 Å². The number of fused-ring (bicyclic) bond motifs is 2. The number of allylic oxidation sites excluding steroid dienone is 1. The summed E-state index contributed by atoms with van der Waals surface area (Å²) in [7, 11) is 0. The summed E-state index contributed by atoms with van der Waals surface area (Å²) in [6, 6.07) is 34.1. The van der Waals surface area contributed by atoms with Gasteiger partial charge in [0.25, 0.3) is 5.91 Å². The first-order chi connectivity index (χ1) is 20.2. The number of benzene rings is 4. The van der Waals surface area contributed by atoms with E-state index in [0.29, 0.717) is 12.4 Å². The van der Waals surface area contributed by atoms with Crippen LogP contribution in [0.5, 0.6) is 11.5 Å². The van der Waals surface area contributed by atoms with Crippen LogP contribution in [-0.2, 0) is 4.79 Å². The number of carbonyl (C=O) groups is 1. The molecular formula is C33H27N3O3S2. The Morgan fingerprint density at radius 3 is 2.56 bits per heavy atom. The molecule has 1 aromatic heterocycles. The predicted molar refractivity (Wildman–Crippen MR) is 167 cm³/mol. The number of nitrogens with zero attached hydrogens (tertiary/aromatic N) is 2. The Bertz CT molecular complexity index is 1700. The first-order valence-corrected chi connectivity index (χ1v) is 15.1. The van der Waals surface area contributed by atoms with Crippen molar-refractivity contribution < 1.29 is 14.3 Å². The largest absolute Gasteiger partial charge is 0.494 e. The van der Waals surface area contributed by atoms with Gasteiger partial charge >= 0.3 is 0 Å². The van der Waals surface area contributed by atoms with Crippen molar-refractivity contribution in [3.8, 4) is 11.5 Å². The fourth-order valence-electron chi connectivity index (χ4n) is 4.76. The summed E-state index contributed by atoms with van der Waals surface area (Å²) in [6.45, 7) is 2.55. The first kappa shape index (κ1) is 26.8. The molecule has 2 heterocycles. The molecule has 41 heavy (non-hydrogen) atoms. The zero-order valence-electron chi connectivity index (χ0n) is 22.3. The maximum absolute atomic E-state index is 12.7. The van der Waals surface area contributed by atoms with Crippen molar-refractivity contribution in [2.45, 2.75) is 17.2 Å². The van der Waals surface area contributed by atoms with Crippen molar-refractivity contribution in [2.75, 3.05) is 12.4 Å². The molecule has 0 radical (unpaired) electrons. The van der Waals surface area contributed by atoms with E-state index in [9.17, 15) is 4.79 Å². The molecule has 5 aromatic rings. The summed E-state index contributed by atoms with van der Waals surface area (Å²) in [5.41, 5.74) is 7.52. The molecule has 204 valence electrons. The second-order valence-electron chi connectivity index (χ2n) is 9.25. The van der Waals surface area contributed by atoms with Gasteiger partial charge in [0.05, 0.1) is 28.8 Å². The zero-order chi connectivity index (χ0) is 28.0. The lowest BCUT2D eigenvalue weighted by atomic mass is 9.81. The van der Waals surface area contributed by atoms with E-state index >= 15 is 0 Å². The average molecular weight is 578 g/mol. The van der Waals surface area contributed by atoms with Crippen LogP contribution in [-0.4, -0.2) is 29.5 Å². The molecule has 0 spiro atoms. The minimum absolute atomic E-state index is 0.138. The van der Waals surface area contributed by atoms with Gasteiger partial charge in [-0.25, -0.2) is 10.4 Å². The summed E-state index contributed by atoms with van der Waals surface area (Å²) >= 11 is 2.98. The van der Waals surface area contributed by atoms with Gasteiger partial charge in [-0.2, -0.15) is 5.10 Å². The number of para-hydroxylation sites is 2. The standard InChI is InChI=1S/C33H27N3O3S2/c1-2-38-24-18-16-23(17-19-24)32-26(31(22-10-4-3-5-11-22)25-12-6-8-14-28(25)39-32)20-34-36-30(37)21-40-33-35-27-13-7-9-15-29(27)41-33/h3-20,31H,2,21H2,1H3,(H,36,37)/t31-/m1/s1. The quantitative estimate of drug-likeness (QED) is 0.111. The highest BCUT2D eigenvalue weighted by Gasteiger charge is 2.31. The lowest BCUT2D eigenvalue weighted by molar-refractivity contribution is -0.118. The highest BCUT2D eigenvalue weighted by molar-refractivity contribution is 8.01. The van der Waals surface area contributed by atoms with Gasteiger partial charge in [0.1, 0.15) is 17.3 Å². The minimum atomic E-state index is -0.206. The van der Waals surface area contributed by atoms with Crippen molar-refractivity contribution in [1.29, 1.82) is 0 Å². The van der Waals surface area contributed by atoms with Gasteiger partial charge in [-0.15, -0.1) is 11.3 Å². The summed E-state index contributed by atoms with van der Waals surface area (Å²) in [6.07, 6.45) is 1.71. The molecule has 1 aliphatic rings. The molecule has 0 bridgehead atoms. The second-order valence-corrected chi connectivity index (χ2v) is 11.5. The third-order valence-electron chi connectivity index (χ3n) is 6.57. The molecule has 1 aliphatic heterocycles.